The topological polar surface area (TPSA) is 83.7 Å². The van der Waals surface area contributed by atoms with E-state index in [2.05, 4.69) is 20.2 Å². The third-order valence-corrected chi connectivity index (χ3v) is 7.43. The molecule has 0 atom stereocenters. The maximum Gasteiger partial charge on any atom is 0.243 e. The number of hydrogen-bond donors (Lipinski definition) is 0. The summed E-state index contributed by atoms with van der Waals surface area (Å²) in [5.41, 5.74) is 1.67. The van der Waals surface area contributed by atoms with Crippen LogP contribution in [0.25, 0.3) is 5.65 Å². The minimum Gasteiger partial charge on any atom is -0.367 e. The molecule has 28 heavy (non-hydrogen) atoms. The Hall–Kier alpha value is -2.23. The van der Waals surface area contributed by atoms with Gasteiger partial charge in [-0.2, -0.15) is 13.9 Å². The number of aromatic nitrogens is 4. The summed E-state index contributed by atoms with van der Waals surface area (Å²) >= 11 is 5.87. The summed E-state index contributed by atoms with van der Waals surface area (Å²) in [6.45, 7) is 2.01. The number of piperazine rings is 1. The molecular weight excluding hydrogens is 400 g/mol. The van der Waals surface area contributed by atoms with Gasteiger partial charge in [-0.25, -0.2) is 8.42 Å². The SMILES string of the molecule is O=S(=O)(c1ccc(Cl)cc1)N1CCN(c2cnn3c(C4CC4)nnc3c2)CC1. The molecule has 1 aromatic carbocycles. The van der Waals surface area contributed by atoms with Crippen molar-refractivity contribution in [3.05, 3.63) is 47.4 Å². The van der Waals surface area contributed by atoms with Gasteiger partial charge in [-0.1, -0.05) is 11.6 Å². The highest BCUT2D eigenvalue weighted by molar-refractivity contribution is 7.89. The van der Waals surface area contributed by atoms with E-state index < -0.39 is 10.0 Å². The molecule has 2 aromatic heterocycles. The molecule has 5 rings (SSSR count). The van der Waals surface area contributed by atoms with Gasteiger partial charge in [-0.15, -0.1) is 10.2 Å². The second kappa shape index (κ2) is 6.68. The zero-order valence-corrected chi connectivity index (χ0v) is 16.6. The molecule has 1 saturated heterocycles. The molecule has 1 aliphatic heterocycles. The quantitative estimate of drug-likeness (QED) is 0.645. The number of halogens is 1. The van der Waals surface area contributed by atoms with Gasteiger partial charge in [0.25, 0.3) is 0 Å². The van der Waals surface area contributed by atoms with Crippen molar-refractivity contribution >= 4 is 33.0 Å². The average Bonchev–Trinajstić information content (AvgIpc) is 3.47. The molecule has 10 heteroatoms. The number of nitrogens with zero attached hydrogens (tertiary/aromatic N) is 6. The van der Waals surface area contributed by atoms with E-state index in [0.717, 1.165) is 30.0 Å². The van der Waals surface area contributed by atoms with Crippen LogP contribution in [-0.4, -0.2) is 58.7 Å². The summed E-state index contributed by atoms with van der Waals surface area (Å²) < 4.78 is 29.0. The normalized spacial score (nSPS) is 18.7. The number of benzene rings is 1. The summed E-state index contributed by atoms with van der Waals surface area (Å²) in [5, 5.41) is 13.5. The second-order valence-corrected chi connectivity index (χ2v) is 9.54. The van der Waals surface area contributed by atoms with Crippen molar-refractivity contribution in [2.24, 2.45) is 0 Å². The Morgan fingerprint density at radius 1 is 1.00 bits per heavy atom. The van der Waals surface area contributed by atoms with Gasteiger partial charge in [0.15, 0.2) is 11.5 Å². The summed E-state index contributed by atoms with van der Waals surface area (Å²) in [5.74, 6) is 1.41. The van der Waals surface area contributed by atoms with Crippen molar-refractivity contribution in [3.63, 3.8) is 0 Å². The van der Waals surface area contributed by atoms with E-state index in [-0.39, 0.29) is 4.90 Å². The Morgan fingerprint density at radius 3 is 2.39 bits per heavy atom. The minimum absolute atomic E-state index is 0.268. The predicted molar refractivity (Wildman–Crippen MR) is 105 cm³/mol. The van der Waals surface area contributed by atoms with E-state index in [0.29, 0.717) is 37.1 Å². The lowest BCUT2D eigenvalue weighted by Crippen LogP contribution is -2.48. The molecular formula is C18H19ClN6O2S. The molecule has 1 aliphatic carbocycles. The van der Waals surface area contributed by atoms with Crippen LogP contribution in [0, 0.1) is 0 Å². The Morgan fingerprint density at radius 2 is 1.71 bits per heavy atom. The third kappa shape index (κ3) is 3.13. The Kier molecular flexibility index (Phi) is 4.26. The highest BCUT2D eigenvalue weighted by Crippen LogP contribution is 2.38. The first-order chi connectivity index (χ1) is 13.5. The zero-order valence-electron chi connectivity index (χ0n) is 15.1. The lowest BCUT2D eigenvalue weighted by atomic mass is 10.3. The molecule has 8 nitrogen and oxygen atoms in total. The maximum absolute atomic E-state index is 12.8. The van der Waals surface area contributed by atoms with Crippen molar-refractivity contribution in [2.45, 2.75) is 23.7 Å². The third-order valence-electron chi connectivity index (χ3n) is 5.27. The number of anilines is 1. The molecule has 3 aromatic rings. The highest BCUT2D eigenvalue weighted by Gasteiger charge is 2.31. The molecule has 1 saturated carbocycles. The van der Waals surface area contributed by atoms with Crippen LogP contribution >= 0.6 is 11.6 Å². The first-order valence-electron chi connectivity index (χ1n) is 9.24. The van der Waals surface area contributed by atoms with Crippen molar-refractivity contribution in [1.29, 1.82) is 0 Å². The number of rotatable bonds is 4. The molecule has 2 aliphatic rings. The van der Waals surface area contributed by atoms with E-state index in [4.69, 9.17) is 11.6 Å². The van der Waals surface area contributed by atoms with Crippen LogP contribution < -0.4 is 4.90 Å². The van der Waals surface area contributed by atoms with Gasteiger partial charge in [0.2, 0.25) is 10.0 Å². The predicted octanol–water partition coefficient (Wildman–Crippen LogP) is 2.17. The Labute approximate surface area is 167 Å². The van der Waals surface area contributed by atoms with Crippen molar-refractivity contribution in [2.75, 3.05) is 31.1 Å². The van der Waals surface area contributed by atoms with Gasteiger partial charge in [-0.05, 0) is 37.1 Å². The second-order valence-electron chi connectivity index (χ2n) is 7.16. The summed E-state index contributed by atoms with van der Waals surface area (Å²) in [6.07, 6.45) is 4.11. The van der Waals surface area contributed by atoms with Gasteiger partial charge in [0.05, 0.1) is 16.8 Å². The van der Waals surface area contributed by atoms with Gasteiger partial charge in [0, 0.05) is 43.2 Å². The first-order valence-corrected chi connectivity index (χ1v) is 11.1. The first kappa shape index (κ1) is 17.8. The molecule has 0 unspecified atom stereocenters. The molecule has 0 amide bonds. The van der Waals surface area contributed by atoms with Gasteiger partial charge in [0.1, 0.15) is 0 Å². The average molecular weight is 419 g/mol. The van der Waals surface area contributed by atoms with Crippen molar-refractivity contribution in [3.8, 4) is 0 Å². The summed E-state index contributed by atoms with van der Waals surface area (Å²) in [4.78, 5) is 2.40. The Bertz CT molecular complexity index is 1120. The number of sulfonamides is 1. The molecule has 0 radical (unpaired) electrons. The Balaban J connectivity index is 1.31. The van der Waals surface area contributed by atoms with E-state index in [1.807, 2.05) is 16.8 Å². The van der Waals surface area contributed by atoms with Crippen LogP contribution in [0.1, 0.15) is 24.6 Å². The number of hydrogen-bond acceptors (Lipinski definition) is 6. The lowest BCUT2D eigenvalue weighted by molar-refractivity contribution is 0.384. The van der Waals surface area contributed by atoms with Crippen LogP contribution in [0.3, 0.4) is 0 Å². The lowest BCUT2D eigenvalue weighted by Gasteiger charge is -2.35. The fraction of sp³-hybridized carbons (Fsp3) is 0.389. The molecule has 3 heterocycles. The van der Waals surface area contributed by atoms with E-state index in [1.54, 1.807) is 24.3 Å². The monoisotopic (exact) mass is 418 g/mol. The van der Waals surface area contributed by atoms with Gasteiger partial charge in [-0.3, -0.25) is 0 Å². The van der Waals surface area contributed by atoms with Crippen LogP contribution in [0.15, 0.2) is 41.4 Å². The molecule has 0 N–H and O–H groups in total. The maximum atomic E-state index is 12.8. The minimum atomic E-state index is -3.51. The standard InChI is InChI=1S/C18H19ClN6O2S/c19-14-3-5-16(6-4-14)28(26,27)24-9-7-23(8-10-24)15-11-17-21-22-18(13-1-2-13)25(17)20-12-15/h3-6,11-13H,1-2,7-10H2. The van der Waals surface area contributed by atoms with Crippen LogP contribution in [0.2, 0.25) is 5.02 Å². The highest BCUT2D eigenvalue weighted by atomic mass is 35.5. The van der Waals surface area contributed by atoms with Crippen LogP contribution in [-0.2, 0) is 10.0 Å². The number of fused-ring (bicyclic) bond motifs is 1. The van der Waals surface area contributed by atoms with Crippen molar-refractivity contribution < 1.29 is 8.42 Å². The summed E-state index contributed by atoms with van der Waals surface area (Å²) in [6, 6.07) is 8.25. The van der Waals surface area contributed by atoms with Gasteiger partial charge < -0.3 is 4.90 Å². The van der Waals surface area contributed by atoms with Crippen LogP contribution in [0.5, 0.6) is 0 Å². The smallest absolute Gasteiger partial charge is 0.243 e. The fourth-order valence-electron chi connectivity index (χ4n) is 3.51. The molecule has 146 valence electrons. The zero-order chi connectivity index (χ0) is 19.3. The molecule has 2 fully saturated rings. The van der Waals surface area contributed by atoms with Crippen LogP contribution in [0.4, 0.5) is 5.69 Å². The van der Waals surface area contributed by atoms with E-state index in [1.165, 1.54) is 4.31 Å². The van der Waals surface area contributed by atoms with Crippen molar-refractivity contribution in [1.82, 2.24) is 24.1 Å². The van der Waals surface area contributed by atoms with E-state index >= 15 is 0 Å². The molecule has 0 spiro atoms. The van der Waals surface area contributed by atoms with Gasteiger partial charge >= 0.3 is 0 Å². The summed E-state index contributed by atoms with van der Waals surface area (Å²) in [7, 11) is -3.51. The largest absolute Gasteiger partial charge is 0.367 e. The van der Waals surface area contributed by atoms with E-state index in [9.17, 15) is 8.42 Å². The fourth-order valence-corrected chi connectivity index (χ4v) is 5.06. The molecule has 0 bridgehead atoms.